The van der Waals surface area contributed by atoms with E-state index in [-0.39, 0.29) is 26.2 Å². The number of benzene rings is 1. The van der Waals surface area contributed by atoms with Crippen molar-refractivity contribution in [2.75, 3.05) is 4.72 Å². The Hall–Kier alpha value is -2.01. The number of anilines is 1. The summed E-state index contributed by atoms with van der Waals surface area (Å²) in [6.07, 6.45) is 1.03. The summed E-state index contributed by atoms with van der Waals surface area (Å²) in [5.41, 5.74) is -0.288. The van der Waals surface area contributed by atoms with Crippen LogP contribution in [0.2, 0.25) is 10.0 Å². The molecule has 0 amide bonds. The number of pyridine rings is 1. The van der Waals surface area contributed by atoms with Crippen LogP contribution in [-0.4, -0.2) is 13.4 Å². The Bertz CT molecular complexity index is 901. The minimum Gasteiger partial charge on any atom is -0.326 e. The van der Waals surface area contributed by atoms with Gasteiger partial charge in [-0.05, 0) is 24.3 Å². The van der Waals surface area contributed by atoms with Crippen LogP contribution in [0.3, 0.4) is 0 Å². The molecule has 0 saturated carbocycles. The van der Waals surface area contributed by atoms with Gasteiger partial charge in [0.25, 0.3) is 15.6 Å². The minimum atomic E-state index is -3.95. The summed E-state index contributed by atoms with van der Waals surface area (Å²) < 4.78 is 26.5. The van der Waals surface area contributed by atoms with E-state index in [2.05, 4.69) is 9.71 Å². The molecule has 21 heavy (non-hydrogen) atoms. The second kappa shape index (κ2) is 5.77. The molecule has 0 aliphatic carbocycles. The number of hydrogen-bond acceptors (Lipinski definition) is 4. The van der Waals surface area contributed by atoms with Crippen molar-refractivity contribution in [2.45, 2.75) is 4.90 Å². The highest BCUT2D eigenvalue weighted by Crippen LogP contribution is 2.22. The molecule has 0 radical (unpaired) electrons. The van der Waals surface area contributed by atoms with Crippen LogP contribution < -0.4 is 10.3 Å². The average molecular weight is 344 g/mol. The number of nitrogens with zero attached hydrogens (tertiary/aromatic N) is 1. The summed E-state index contributed by atoms with van der Waals surface area (Å²) in [4.78, 5) is 13.1. The molecule has 0 bridgehead atoms. The number of hydrogen-bond donors (Lipinski definition) is 2. The number of H-pyrrole nitrogens is 1. The maximum atomic E-state index is 12.1. The molecule has 2 aromatic rings. The Balaban J connectivity index is 2.40. The molecule has 0 aliphatic rings. The fourth-order valence-corrected chi connectivity index (χ4v) is 2.92. The van der Waals surface area contributed by atoms with Crippen molar-refractivity contribution in [1.82, 2.24) is 4.98 Å². The van der Waals surface area contributed by atoms with Gasteiger partial charge >= 0.3 is 0 Å². The van der Waals surface area contributed by atoms with Crippen molar-refractivity contribution in [2.24, 2.45) is 0 Å². The molecule has 1 aromatic carbocycles. The summed E-state index contributed by atoms with van der Waals surface area (Å²) in [5, 5.41) is 8.83. The quantitative estimate of drug-likeness (QED) is 0.892. The van der Waals surface area contributed by atoms with Crippen LogP contribution in [0, 0.1) is 11.3 Å². The maximum Gasteiger partial charge on any atom is 0.266 e. The number of nitriles is 1. The SMILES string of the molecule is N#Cc1cc(NS(=O)(=O)c2c[nH]c(=O)c(Cl)c2)ccc1Cl. The van der Waals surface area contributed by atoms with Gasteiger partial charge in [0.15, 0.2) is 0 Å². The van der Waals surface area contributed by atoms with E-state index < -0.39 is 15.6 Å². The van der Waals surface area contributed by atoms with Gasteiger partial charge in [0.2, 0.25) is 0 Å². The molecule has 108 valence electrons. The van der Waals surface area contributed by atoms with Crippen LogP contribution in [0.1, 0.15) is 5.56 Å². The first-order chi connectivity index (χ1) is 9.83. The predicted octanol–water partition coefficient (Wildman–Crippen LogP) is 2.35. The van der Waals surface area contributed by atoms with E-state index in [1.165, 1.54) is 18.2 Å². The minimum absolute atomic E-state index is 0.136. The van der Waals surface area contributed by atoms with Gasteiger partial charge in [-0.25, -0.2) is 8.42 Å². The zero-order chi connectivity index (χ0) is 15.6. The van der Waals surface area contributed by atoms with Gasteiger partial charge < -0.3 is 4.98 Å². The molecule has 9 heteroatoms. The second-order valence-corrected chi connectivity index (χ2v) is 6.42. The molecular weight excluding hydrogens is 337 g/mol. The summed E-state index contributed by atoms with van der Waals surface area (Å²) in [6, 6.07) is 6.98. The molecule has 6 nitrogen and oxygen atoms in total. The number of sulfonamides is 1. The number of halogens is 2. The monoisotopic (exact) mass is 343 g/mol. The molecule has 2 N–H and O–H groups in total. The Morgan fingerprint density at radius 1 is 1.19 bits per heavy atom. The Labute approximate surface area is 130 Å². The van der Waals surface area contributed by atoms with Crippen LogP contribution >= 0.6 is 23.2 Å². The molecule has 0 fully saturated rings. The van der Waals surface area contributed by atoms with Crippen molar-refractivity contribution >= 4 is 38.9 Å². The van der Waals surface area contributed by atoms with Gasteiger partial charge in [-0.1, -0.05) is 23.2 Å². The number of nitrogens with one attached hydrogen (secondary N) is 2. The van der Waals surface area contributed by atoms with Gasteiger partial charge in [-0.2, -0.15) is 5.26 Å². The number of aromatic nitrogens is 1. The van der Waals surface area contributed by atoms with Gasteiger partial charge in [-0.15, -0.1) is 0 Å². The molecule has 0 atom stereocenters. The summed E-state index contributed by atoms with van der Waals surface area (Å²) in [5.74, 6) is 0. The highest BCUT2D eigenvalue weighted by atomic mass is 35.5. The van der Waals surface area contributed by atoms with Crippen molar-refractivity contribution < 1.29 is 8.42 Å². The Morgan fingerprint density at radius 3 is 2.52 bits per heavy atom. The first kappa shape index (κ1) is 15.4. The lowest BCUT2D eigenvalue weighted by molar-refractivity contribution is 0.600. The van der Waals surface area contributed by atoms with Crippen molar-refractivity contribution in [3.8, 4) is 6.07 Å². The molecule has 0 spiro atoms. The molecule has 0 unspecified atom stereocenters. The largest absolute Gasteiger partial charge is 0.326 e. The lowest BCUT2D eigenvalue weighted by Gasteiger charge is -2.08. The summed E-state index contributed by atoms with van der Waals surface area (Å²) >= 11 is 11.4. The predicted molar refractivity (Wildman–Crippen MR) is 79.0 cm³/mol. The molecule has 0 saturated heterocycles. The van der Waals surface area contributed by atoms with Gasteiger partial charge in [-0.3, -0.25) is 9.52 Å². The fourth-order valence-electron chi connectivity index (χ4n) is 1.48. The lowest BCUT2D eigenvalue weighted by Crippen LogP contribution is -2.16. The van der Waals surface area contributed by atoms with Gasteiger partial charge in [0, 0.05) is 6.20 Å². The first-order valence-corrected chi connectivity index (χ1v) is 7.68. The van der Waals surface area contributed by atoms with Crippen LogP contribution in [0.25, 0.3) is 0 Å². The summed E-state index contributed by atoms with van der Waals surface area (Å²) in [7, 11) is -3.95. The Morgan fingerprint density at radius 2 is 1.90 bits per heavy atom. The van der Waals surface area contributed by atoms with E-state index in [1.807, 2.05) is 6.07 Å². The third-order valence-electron chi connectivity index (χ3n) is 2.48. The molecule has 0 aliphatic heterocycles. The van der Waals surface area contributed by atoms with E-state index in [9.17, 15) is 13.2 Å². The summed E-state index contributed by atoms with van der Waals surface area (Å²) in [6.45, 7) is 0. The molecule has 1 aromatic heterocycles. The van der Waals surface area contributed by atoms with Crippen LogP contribution in [0.15, 0.2) is 40.2 Å². The normalized spacial score (nSPS) is 10.9. The van der Waals surface area contributed by atoms with Crippen molar-refractivity contribution in [1.29, 1.82) is 5.26 Å². The fraction of sp³-hybridized carbons (Fsp3) is 0. The van der Waals surface area contributed by atoms with Gasteiger partial charge in [0.05, 0.1) is 16.3 Å². The van der Waals surface area contributed by atoms with Crippen molar-refractivity contribution in [3.63, 3.8) is 0 Å². The lowest BCUT2D eigenvalue weighted by atomic mass is 10.2. The van der Waals surface area contributed by atoms with Crippen LogP contribution in [0.4, 0.5) is 5.69 Å². The molecular formula is C12H7Cl2N3O3S. The first-order valence-electron chi connectivity index (χ1n) is 5.44. The smallest absolute Gasteiger partial charge is 0.266 e. The van der Waals surface area contributed by atoms with Crippen LogP contribution in [0.5, 0.6) is 0 Å². The van der Waals surface area contributed by atoms with Crippen molar-refractivity contribution in [3.05, 3.63) is 56.4 Å². The van der Waals surface area contributed by atoms with E-state index in [0.29, 0.717) is 0 Å². The standard InChI is InChI=1S/C12H7Cl2N3O3S/c13-10-2-1-8(3-7(10)5-15)17-21(19,20)9-4-11(14)12(18)16-6-9/h1-4,6,17H,(H,16,18). The third kappa shape index (κ3) is 3.36. The zero-order valence-electron chi connectivity index (χ0n) is 10.2. The topological polar surface area (TPSA) is 103 Å². The second-order valence-electron chi connectivity index (χ2n) is 3.92. The number of rotatable bonds is 3. The van der Waals surface area contributed by atoms with Gasteiger partial charge in [0.1, 0.15) is 16.0 Å². The highest BCUT2D eigenvalue weighted by molar-refractivity contribution is 7.92. The van der Waals surface area contributed by atoms with E-state index in [4.69, 9.17) is 28.5 Å². The average Bonchev–Trinajstić information content (AvgIpc) is 2.43. The van der Waals surface area contributed by atoms with E-state index in [0.717, 1.165) is 12.3 Å². The zero-order valence-corrected chi connectivity index (χ0v) is 12.6. The molecule has 1 heterocycles. The molecule has 2 rings (SSSR count). The number of aromatic amines is 1. The van der Waals surface area contributed by atoms with E-state index >= 15 is 0 Å². The Kier molecular flexibility index (Phi) is 4.23. The highest BCUT2D eigenvalue weighted by Gasteiger charge is 2.16. The maximum absolute atomic E-state index is 12.1. The third-order valence-corrected chi connectivity index (χ3v) is 4.45. The van der Waals surface area contributed by atoms with Crippen LogP contribution in [-0.2, 0) is 10.0 Å². The van der Waals surface area contributed by atoms with E-state index in [1.54, 1.807) is 0 Å².